The lowest BCUT2D eigenvalue weighted by molar-refractivity contribution is -0.188. The Morgan fingerprint density at radius 3 is 2.51 bits per heavy atom. The van der Waals surface area contributed by atoms with E-state index in [2.05, 4.69) is 20.0 Å². The van der Waals surface area contributed by atoms with Gasteiger partial charge in [0.1, 0.15) is 22.9 Å². The Morgan fingerprint density at radius 2 is 1.91 bits per heavy atom. The van der Waals surface area contributed by atoms with E-state index in [0.717, 1.165) is 37.7 Å². The standard InChI is InChI=1S/C22H26ClF4N5O2S/c1-32(14-3-2-4-14)19-9-13(22(25,26)27)5-6-17(19)30-18-11-16(24)20(10-15(18)23)35(33,34)31-21-7-8-28-12-29-21/h7-8,10-14,17,19,30H,2-6,9H2,1H3,(H,28,29,31)/t13?,17-,19-/m0/s1. The fraction of sp³-hybridized carbons (Fsp3) is 0.545. The second kappa shape index (κ2) is 10.1. The maximum absolute atomic E-state index is 14.9. The lowest BCUT2D eigenvalue weighted by Crippen LogP contribution is -2.55. The average Bonchev–Trinajstić information content (AvgIpc) is 2.74. The van der Waals surface area contributed by atoms with E-state index in [9.17, 15) is 26.0 Å². The summed E-state index contributed by atoms with van der Waals surface area (Å²) in [5.74, 6) is -2.49. The van der Waals surface area contributed by atoms with Gasteiger partial charge in [-0.25, -0.2) is 22.8 Å². The lowest BCUT2D eigenvalue weighted by atomic mass is 9.79. The van der Waals surface area contributed by atoms with Crippen LogP contribution in [-0.2, 0) is 10.0 Å². The van der Waals surface area contributed by atoms with Gasteiger partial charge in [-0.2, -0.15) is 13.2 Å². The number of hydrogen-bond acceptors (Lipinski definition) is 6. The SMILES string of the molecule is CN(C1CCC1)[C@H]1CC(C(F)(F)F)CC[C@@H]1Nc1cc(F)c(S(=O)(=O)Nc2ccncn2)cc1Cl. The first-order valence-corrected chi connectivity index (χ1v) is 13.1. The van der Waals surface area contributed by atoms with Crippen molar-refractivity contribution in [3.05, 3.63) is 41.6 Å². The molecule has 1 unspecified atom stereocenters. The first kappa shape index (κ1) is 25.9. The second-order valence-electron chi connectivity index (χ2n) is 9.08. The molecular weight excluding hydrogens is 510 g/mol. The maximum Gasteiger partial charge on any atom is 0.391 e. The van der Waals surface area contributed by atoms with Gasteiger partial charge in [0, 0.05) is 24.3 Å². The topological polar surface area (TPSA) is 87.2 Å². The largest absolute Gasteiger partial charge is 0.391 e. The highest BCUT2D eigenvalue weighted by atomic mass is 35.5. The fourth-order valence-corrected chi connectivity index (χ4v) is 6.09. The van der Waals surface area contributed by atoms with E-state index in [-0.39, 0.29) is 41.8 Å². The molecule has 1 heterocycles. The van der Waals surface area contributed by atoms with Gasteiger partial charge in [0.05, 0.1) is 16.6 Å². The third-order valence-electron chi connectivity index (χ3n) is 6.93. The van der Waals surface area contributed by atoms with E-state index >= 15 is 0 Å². The summed E-state index contributed by atoms with van der Waals surface area (Å²) in [7, 11) is -2.50. The number of rotatable bonds is 7. The molecule has 7 nitrogen and oxygen atoms in total. The van der Waals surface area contributed by atoms with Crippen molar-refractivity contribution in [2.75, 3.05) is 17.1 Å². The monoisotopic (exact) mass is 535 g/mol. The summed E-state index contributed by atoms with van der Waals surface area (Å²) in [5.41, 5.74) is 0.132. The number of likely N-dealkylation sites (N-methyl/N-ethyl adjacent to an activating group) is 1. The number of nitrogens with one attached hydrogen (secondary N) is 2. The van der Waals surface area contributed by atoms with E-state index in [0.29, 0.717) is 0 Å². The summed E-state index contributed by atoms with van der Waals surface area (Å²) >= 11 is 6.32. The number of hydrogen-bond donors (Lipinski definition) is 2. The Kier molecular flexibility index (Phi) is 7.44. The van der Waals surface area contributed by atoms with Crippen molar-refractivity contribution in [3.63, 3.8) is 0 Å². The molecule has 2 saturated carbocycles. The molecule has 0 bridgehead atoms. The van der Waals surface area contributed by atoms with Crippen molar-refractivity contribution in [3.8, 4) is 0 Å². The van der Waals surface area contributed by atoms with Crippen molar-refractivity contribution in [2.45, 2.75) is 67.7 Å². The highest BCUT2D eigenvalue weighted by Crippen LogP contribution is 2.42. The number of aromatic nitrogens is 2. The van der Waals surface area contributed by atoms with Crippen LogP contribution in [0.25, 0.3) is 0 Å². The third kappa shape index (κ3) is 5.80. The number of nitrogens with zero attached hydrogens (tertiary/aromatic N) is 3. The van der Waals surface area contributed by atoms with E-state index in [4.69, 9.17) is 11.6 Å². The zero-order chi connectivity index (χ0) is 25.4. The quantitative estimate of drug-likeness (QED) is 0.482. The Labute approximate surface area is 206 Å². The minimum absolute atomic E-state index is 0.0407. The molecule has 35 heavy (non-hydrogen) atoms. The molecule has 0 aliphatic heterocycles. The van der Waals surface area contributed by atoms with Crippen LogP contribution in [0.3, 0.4) is 0 Å². The van der Waals surface area contributed by atoms with E-state index < -0.39 is 44.9 Å². The number of sulfonamides is 1. The number of anilines is 2. The molecule has 1 aromatic heterocycles. The molecule has 13 heteroatoms. The van der Waals surface area contributed by atoms with Gasteiger partial charge in [-0.05, 0) is 57.4 Å². The van der Waals surface area contributed by atoms with Gasteiger partial charge in [-0.15, -0.1) is 0 Å². The number of halogens is 5. The summed E-state index contributed by atoms with van der Waals surface area (Å²) in [4.78, 5) is 8.77. The van der Waals surface area contributed by atoms with Gasteiger partial charge in [0.2, 0.25) is 0 Å². The smallest absolute Gasteiger partial charge is 0.379 e. The van der Waals surface area contributed by atoms with Crippen molar-refractivity contribution < 1.29 is 26.0 Å². The predicted octanol–water partition coefficient (Wildman–Crippen LogP) is 5.07. The van der Waals surface area contributed by atoms with Crippen LogP contribution in [0, 0.1) is 11.7 Å². The molecule has 0 radical (unpaired) electrons. The van der Waals surface area contributed by atoms with Crippen molar-refractivity contribution in [1.82, 2.24) is 14.9 Å². The van der Waals surface area contributed by atoms with Crippen LogP contribution in [0.15, 0.2) is 35.6 Å². The molecule has 2 aliphatic carbocycles. The fourth-order valence-electron chi connectivity index (χ4n) is 4.72. The summed E-state index contributed by atoms with van der Waals surface area (Å²) < 4.78 is 82.8. The molecule has 2 fully saturated rings. The lowest BCUT2D eigenvalue weighted by Gasteiger charge is -2.47. The first-order chi connectivity index (χ1) is 16.5. The molecule has 2 aliphatic rings. The zero-order valence-electron chi connectivity index (χ0n) is 18.9. The van der Waals surface area contributed by atoms with E-state index in [1.54, 1.807) is 0 Å². The van der Waals surface area contributed by atoms with Crippen LogP contribution in [0.1, 0.15) is 38.5 Å². The molecule has 3 atom stereocenters. The molecule has 0 amide bonds. The van der Waals surface area contributed by atoms with Crippen LogP contribution in [0.5, 0.6) is 0 Å². The van der Waals surface area contributed by atoms with E-state index in [1.807, 2.05) is 11.9 Å². The van der Waals surface area contributed by atoms with Crippen LogP contribution in [0.4, 0.5) is 29.1 Å². The Balaban J connectivity index is 1.56. The molecule has 0 spiro atoms. The number of benzene rings is 1. The Hall–Kier alpha value is -2.18. The molecule has 1 aromatic carbocycles. The highest BCUT2D eigenvalue weighted by Gasteiger charge is 2.47. The summed E-state index contributed by atoms with van der Waals surface area (Å²) in [6, 6.07) is 2.63. The van der Waals surface area contributed by atoms with Crippen LogP contribution in [0.2, 0.25) is 5.02 Å². The van der Waals surface area contributed by atoms with Gasteiger partial charge in [0.15, 0.2) is 0 Å². The Morgan fingerprint density at radius 1 is 1.17 bits per heavy atom. The van der Waals surface area contributed by atoms with Gasteiger partial charge >= 0.3 is 6.18 Å². The third-order valence-corrected chi connectivity index (χ3v) is 8.61. The molecular formula is C22H26ClF4N5O2S. The summed E-state index contributed by atoms with van der Waals surface area (Å²) in [6.45, 7) is 0. The van der Waals surface area contributed by atoms with Crippen molar-refractivity contribution >= 4 is 33.1 Å². The minimum atomic E-state index is -4.33. The molecule has 2 aromatic rings. The van der Waals surface area contributed by atoms with Crippen LogP contribution >= 0.6 is 11.6 Å². The van der Waals surface area contributed by atoms with Gasteiger partial charge < -0.3 is 5.32 Å². The summed E-state index contributed by atoms with van der Waals surface area (Å²) in [6.07, 6.45) is 1.19. The summed E-state index contributed by atoms with van der Waals surface area (Å²) in [5, 5.41) is 3.05. The van der Waals surface area contributed by atoms with Gasteiger partial charge in [-0.3, -0.25) is 9.62 Å². The van der Waals surface area contributed by atoms with Crippen LogP contribution < -0.4 is 10.0 Å². The highest BCUT2D eigenvalue weighted by molar-refractivity contribution is 7.92. The van der Waals surface area contributed by atoms with Gasteiger partial charge in [0.25, 0.3) is 10.0 Å². The predicted molar refractivity (Wildman–Crippen MR) is 124 cm³/mol. The average molecular weight is 536 g/mol. The Bertz CT molecular complexity index is 1150. The van der Waals surface area contributed by atoms with Gasteiger partial charge in [-0.1, -0.05) is 18.0 Å². The minimum Gasteiger partial charge on any atom is -0.379 e. The normalized spacial score (nSPS) is 23.7. The maximum atomic E-state index is 14.9. The molecule has 4 rings (SSSR count). The molecule has 192 valence electrons. The van der Waals surface area contributed by atoms with Crippen LogP contribution in [-0.4, -0.2) is 54.6 Å². The number of alkyl halides is 3. The van der Waals surface area contributed by atoms with Crippen molar-refractivity contribution in [2.24, 2.45) is 5.92 Å². The molecule has 2 N–H and O–H groups in total. The van der Waals surface area contributed by atoms with E-state index in [1.165, 1.54) is 12.3 Å². The second-order valence-corrected chi connectivity index (χ2v) is 11.1. The zero-order valence-corrected chi connectivity index (χ0v) is 20.5. The molecule has 0 saturated heterocycles. The van der Waals surface area contributed by atoms with Crippen molar-refractivity contribution in [1.29, 1.82) is 0 Å². The first-order valence-electron chi connectivity index (χ1n) is 11.3.